The molecule has 2 aromatic carbocycles. The molecular formula is C21H14ClNO2S2. The Morgan fingerprint density at radius 1 is 1.11 bits per heavy atom. The Kier molecular flexibility index (Phi) is 4.91. The second kappa shape index (κ2) is 7.35. The zero-order valence-electron chi connectivity index (χ0n) is 14.3. The molecule has 1 saturated heterocycles. The van der Waals surface area contributed by atoms with Gasteiger partial charge in [0.25, 0.3) is 5.91 Å². The number of furan rings is 1. The van der Waals surface area contributed by atoms with Gasteiger partial charge in [-0.25, -0.2) is 0 Å². The van der Waals surface area contributed by atoms with Crippen LogP contribution in [0.15, 0.2) is 70.0 Å². The van der Waals surface area contributed by atoms with Crippen molar-refractivity contribution in [1.82, 2.24) is 0 Å². The molecule has 134 valence electrons. The first kappa shape index (κ1) is 18.0. The molecule has 0 aliphatic carbocycles. The molecule has 0 radical (unpaired) electrons. The first-order chi connectivity index (χ1) is 13.0. The molecule has 3 nitrogen and oxygen atoms in total. The number of nitrogens with zero attached hydrogens (tertiary/aromatic N) is 1. The van der Waals surface area contributed by atoms with Crippen LogP contribution in [0.3, 0.4) is 0 Å². The van der Waals surface area contributed by atoms with Crippen molar-refractivity contribution in [3.63, 3.8) is 0 Å². The highest BCUT2D eigenvalue weighted by Crippen LogP contribution is 2.37. The van der Waals surface area contributed by atoms with Crippen molar-refractivity contribution < 1.29 is 9.21 Å². The number of para-hydroxylation sites is 1. The molecule has 0 spiro atoms. The molecule has 1 amide bonds. The number of anilines is 1. The van der Waals surface area contributed by atoms with Gasteiger partial charge in [-0.15, -0.1) is 0 Å². The van der Waals surface area contributed by atoms with E-state index in [-0.39, 0.29) is 5.91 Å². The van der Waals surface area contributed by atoms with Crippen LogP contribution in [0.25, 0.3) is 17.4 Å². The molecule has 27 heavy (non-hydrogen) atoms. The molecule has 0 unspecified atom stereocenters. The van der Waals surface area contributed by atoms with E-state index in [2.05, 4.69) is 0 Å². The number of thioether (sulfide) groups is 1. The number of thiocarbonyl (C=S) groups is 1. The van der Waals surface area contributed by atoms with Gasteiger partial charge in [-0.3, -0.25) is 9.69 Å². The highest BCUT2D eigenvalue weighted by atomic mass is 35.5. The van der Waals surface area contributed by atoms with Gasteiger partial charge in [-0.1, -0.05) is 59.8 Å². The first-order valence-electron chi connectivity index (χ1n) is 8.22. The van der Waals surface area contributed by atoms with Crippen LogP contribution in [-0.4, -0.2) is 10.2 Å². The van der Waals surface area contributed by atoms with Crippen molar-refractivity contribution in [3.8, 4) is 11.3 Å². The minimum atomic E-state index is -0.145. The number of amides is 1. The Morgan fingerprint density at radius 3 is 2.67 bits per heavy atom. The summed E-state index contributed by atoms with van der Waals surface area (Å²) in [6.07, 6.45) is 1.73. The van der Waals surface area contributed by atoms with Crippen molar-refractivity contribution in [2.75, 3.05) is 4.90 Å². The summed E-state index contributed by atoms with van der Waals surface area (Å²) >= 11 is 12.8. The summed E-state index contributed by atoms with van der Waals surface area (Å²) in [5.74, 6) is 1.16. The summed E-state index contributed by atoms with van der Waals surface area (Å²) < 4.78 is 6.44. The van der Waals surface area contributed by atoms with Gasteiger partial charge < -0.3 is 4.42 Å². The number of hydrogen-bond donors (Lipinski definition) is 0. The standard InChI is InChI=1S/C21H14ClNO2S2/c1-13-7-8-14(22)11-17(13)18-10-9-16(25-18)12-19-20(24)23(21(26)27-19)15-5-3-2-4-6-15/h2-12H,1H3. The maximum atomic E-state index is 12.8. The summed E-state index contributed by atoms with van der Waals surface area (Å²) in [6, 6.07) is 18.8. The third kappa shape index (κ3) is 3.58. The molecule has 1 fully saturated rings. The Bertz CT molecular complexity index is 1070. The summed E-state index contributed by atoms with van der Waals surface area (Å²) in [7, 11) is 0. The predicted octanol–water partition coefficient (Wildman–Crippen LogP) is 6.31. The lowest BCUT2D eigenvalue weighted by molar-refractivity contribution is -0.113. The van der Waals surface area contributed by atoms with Crippen LogP contribution in [-0.2, 0) is 4.79 Å². The van der Waals surface area contributed by atoms with Crippen LogP contribution in [0.1, 0.15) is 11.3 Å². The highest BCUT2D eigenvalue weighted by molar-refractivity contribution is 8.27. The first-order valence-corrected chi connectivity index (χ1v) is 9.82. The fourth-order valence-electron chi connectivity index (χ4n) is 2.83. The number of hydrogen-bond acceptors (Lipinski definition) is 4. The van der Waals surface area contributed by atoms with E-state index in [1.807, 2.05) is 67.6 Å². The second-order valence-corrected chi connectivity index (χ2v) is 8.13. The van der Waals surface area contributed by atoms with E-state index in [4.69, 9.17) is 28.2 Å². The SMILES string of the molecule is Cc1ccc(Cl)cc1-c1ccc(C=C2SC(=S)N(c3ccccc3)C2=O)o1. The van der Waals surface area contributed by atoms with E-state index in [9.17, 15) is 4.79 Å². The predicted molar refractivity (Wildman–Crippen MR) is 116 cm³/mol. The van der Waals surface area contributed by atoms with Crippen molar-refractivity contribution in [3.05, 3.63) is 81.9 Å². The van der Waals surface area contributed by atoms with E-state index < -0.39 is 0 Å². The minimum Gasteiger partial charge on any atom is -0.457 e. The van der Waals surface area contributed by atoms with Gasteiger partial charge in [0.05, 0.1) is 10.6 Å². The molecule has 0 saturated carbocycles. The van der Waals surface area contributed by atoms with Crippen LogP contribution in [0.4, 0.5) is 5.69 Å². The maximum absolute atomic E-state index is 12.8. The molecule has 4 rings (SSSR count). The monoisotopic (exact) mass is 411 g/mol. The van der Waals surface area contributed by atoms with E-state index in [1.54, 1.807) is 6.08 Å². The van der Waals surface area contributed by atoms with Gasteiger partial charge in [0.2, 0.25) is 0 Å². The summed E-state index contributed by atoms with van der Waals surface area (Å²) in [5, 5.41) is 0.650. The van der Waals surface area contributed by atoms with E-state index in [1.165, 1.54) is 16.7 Å². The highest BCUT2D eigenvalue weighted by Gasteiger charge is 2.33. The molecule has 1 aliphatic heterocycles. The summed E-state index contributed by atoms with van der Waals surface area (Å²) in [6.45, 7) is 2.00. The molecule has 0 N–H and O–H groups in total. The Morgan fingerprint density at radius 2 is 1.89 bits per heavy atom. The fraction of sp³-hybridized carbons (Fsp3) is 0.0476. The van der Waals surface area contributed by atoms with Gasteiger partial charge in [0.15, 0.2) is 4.32 Å². The van der Waals surface area contributed by atoms with E-state index in [0.717, 1.165) is 16.8 Å². The summed E-state index contributed by atoms with van der Waals surface area (Å²) in [5.41, 5.74) is 2.76. The lowest BCUT2D eigenvalue weighted by Crippen LogP contribution is -2.27. The maximum Gasteiger partial charge on any atom is 0.270 e. The molecule has 6 heteroatoms. The number of carbonyl (C=O) groups is 1. The number of benzene rings is 2. The smallest absolute Gasteiger partial charge is 0.270 e. The van der Waals surface area contributed by atoms with Crippen LogP contribution in [0.5, 0.6) is 0 Å². The van der Waals surface area contributed by atoms with Crippen molar-refractivity contribution >= 4 is 57.6 Å². The Balaban J connectivity index is 1.63. The quantitative estimate of drug-likeness (QED) is 0.373. The molecule has 3 aromatic rings. The van der Waals surface area contributed by atoms with E-state index >= 15 is 0 Å². The minimum absolute atomic E-state index is 0.145. The molecule has 1 aromatic heterocycles. The molecule has 2 heterocycles. The van der Waals surface area contributed by atoms with Gasteiger partial charge in [-0.2, -0.15) is 0 Å². The van der Waals surface area contributed by atoms with Gasteiger partial charge >= 0.3 is 0 Å². The van der Waals surface area contributed by atoms with Crippen LogP contribution in [0, 0.1) is 6.92 Å². The average molecular weight is 412 g/mol. The summed E-state index contributed by atoms with van der Waals surface area (Å²) in [4.78, 5) is 14.9. The average Bonchev–Trinajstić information content (AvgIpc) is 3.23. The Hall–Kier alpha value is -2.34. The zero-order valence-corrected chi connectivity index (χ0v) is 16.7. The van der Waals surface area contributed by atoms with Crippen molar-refractivity contribution in [2.45, 2.75) is 6.92 Å². The number of aryl methyl sites for hydroxylation is 1. The second-order valence-electron chi connectivity index (χ2n) is 6.01. The van der Waals surface area contributed by atoms with E-state index in [0.29, 0.717) is 25.8 Å². The lowest BCUT2D eigenvalue weighted by atomic mass is 10.1. The van der Waals surface area contributed by atoms with Crippen LogP contribution in [0.2, 0.25) is 5.02 Å². The fourth-order valence-corrected chi connectivity index (χ4v) is 4.28. The zero-order chi connectivity index (χ0) is 19.0. The van der Waals surface area contributed by atoms with Crippen LogP contribution < -0.4 is 4.90 Å². The van der Waals surface area contributed by atoms with Crippen molar-refractivity contribution in [2.24, 2.45) is 0 Å². The van der Waals surface area contributed by atoms with Crippen molar-refractivity contribution in [1.29, 1.82) is 0 Å². The van der Waals surface area contributed by atoms with Gasteiger partial charge in [0, 0.05) is 16.7 Å². The molecule has 0 atom stereocenters. The Labute approximate surface area is 171 Å². The third-order valence-electron chi connectivity index (χ3n) is 4.17. The van der Waals surface area contributed by atoms with Gasteiger partial charge in [0.1, 0.15) is 11.5 Å². The number of halogens is 1. The normalized spacial score (nSPS) is 15.8. The molecular weight excluding hydrogens is 398 g/mol. The topological polar surface area (TPSA) is 33.5 Å². The van der Waals surface area contributed by atoms with Gasteiger partial charge in [-0.05, 0) is 48.9 Å². The van der Waals surface area contributed by atoms with Crippen LogP contribution >= 0.6 is 35.6 Å². The third-order valence-corrected chi connectivity index (χ3v) is 5.71. The molecule has 0 bridgehead atoms. The number of rotatable bonds is 3. The molecule has 1 aliphatic rings. The number of carbonyl (C=O) groups excluding carboxylic acids is 1. The largest absolute Gasteiger partial charge is 0.457 e. The lowest BCUT2D eigenvalue weighted by Gasteiger charge is -2.13.